The van der Waals surface area contributed by atoms with E-state index in [-0.39, 0.29) is 30.3 Å². The monoisotopic (exact) mass is 390 g/mol. The summed E-state index contributed by atoms with van der Waals surface area (Å²) in [5.74, 6) is 1.69. The summed E-state index contributed by atoms with van der Waals surface area (Å²) in [6.07, 6.45) is 9.08. The van der Waals surface area contributed by atoms with E-state index in [1.165, 1.54) is 19.3 Å². The second-order valence-corrected chi connectivity index (χ2v) is 10.4. The summed E-state index contributed by atoms with van der Waals surface area (Å²) < 4.78 is 5.62. The molecule has 4 fully saturated rings. The number of rotatable bonds is 4. The Hall–Kier alpha value is -1.39. The fourth-order valence-corrected chi connectivity index (χ4v) is 7.55. The molecule has 4 rings (SSSR count). The molecule has 5 heteroatoms. The van der Waals surface area contributed by atoms with E-state index < -0.39 is 5.97 Å². The number of carboxylic acids is 1. The molecule has 0 aliphatic heterocycles. The quantitative estimate of drug-likeness (QED) is 0.721. The number of hydrogen-bond donors (Lipinski definition) is 1. The molecular formula is C23H34O5. The third-order valence-corrected chi connectivity index (χ3v) is 9.17. The molecule has 0 unspecified atom stereocenters. The van der Waals surface area contributed by atoms with Gasteiger partial charge in [0.1, 0.15) is 11.9 Å². The molecule has 0 radical (unpaired) electrons. The van der Waals surface area contributed by atoms with Crippen molar-refractivity contribution in [2.75, 3.05) is 0 Å². The normalized spacial score (nSPS) is 44.9. The summed E-state index contributed by atoms with van der Waals surface area (Å²) in [4.78, 5) is 35.1. The highest BCUT2D eigenvalue weighted by molar-refractivity contribution is 5.87. The molecule has 156 valence electrons. The Morgan fingerprint density at radius 3 is 2.57 bits per heavy atom. The first-order valence-corrected chi connectivity index (χ1v) is 11.2. The van der Waals surface area contributed by atoms with Crippen molar-refractivity contribution in [3.63, 3.8) is 0 Å². The third-order valence-electron chi connectivity index (χ3n) is 9.17. The standard InChI is InChI=1S/C23H34O5/c1-22-11-9-15(28-21(27)8-7-20(25)26)13-14(22)3-4-16-17-5-6-19(24)23(17,2)12-10-18(16)22/h14-18H,3-13H2,1-2H3,(H,25,26)/t14-,15+,16+,17+,18-,22-,23-/m0/s1. The molecule has 0 heterocycles. The Bertz CT molecular complexity index is 672. The van der Waals surface area contributed by atoms with Gasteiger partial charge in [-0.2, -0.15) is 0 Å². The molecule has 1 N–H and O–H groups in total. The zero-order valence-corrected chi connectivity index (χ0v) is 17.2. The van der Waals surface area contributed by atoms with Crippen molar-refractivity contribution in [1.82, 2.24) is 0 Å². The van der Waals surface area contributed by atoms with Crippen molar-refractivity contribution in [1.29, 1.82) is 0 Å². The van der Waals surface area contributed by atoms with E-state index in [1.54, 1.807) is 0 Å². The van der Waals surface area contributed by atoms with Crippen LogP contribution in [-0.2, 0) is 19.1 Å². The molecule has 0 spiro atoms. The van der Waals surface area contributed by atoms with Gasteiger partial charge in [-0.05, 0) is 80.5 Å². The van der Waals surface area contributed by atoms with Gasteiger partial charge in [0.15, 0.2) is 0 Å². The maximum atomic E-state index is 12.5. The number of aliphatic carboxylic acids is 1. The van der Waals surface area contributed by atoms with Gasteiger partial charge in [0.05, 0.1) is 12.8 Å². The Balaban J connectivity index is 1.41. The zero-order valence-electron chi connectivity index (χ0n) is 17.2. The van der Waals surface area contributed by atoms with Gasteiger partial charge in [0, 0.05) is 11.8 Å². The van der Waals surface area contributed by atoms with Crippen LogP contribution in [-0.4, -0.2) is 28.9 Å². The summed E-state index contributed by atoms with van der Waals surface area (Å²) in [6, 6.07) is 0. The first-order valence-electron chi connectivity index (χ1n) is 11.2. The van der Waals surface area contributed by atoms with E-state index in [4.69, 9.17) is 9.84 Å². The van der Waals surface area contributed by atoms with Crippen molar-refractivity contribution < 1.29 is 24.2 Å². The number of carbonyl (C=O) groups is 3. The lowest BCUT2D eigenvalue weighted by Crippen LogP contribution is -2.54. The molecule has 0 aromatic carbocycles. The van der Waals surface area contributed by atoms with E-state index in [0.717, 1.165) is 38.5 Å². The van der Waals surface area contributed by atoms with Gasteiger partial charge >= 0.3 is 11.9 Å². The van der Waals surface area contributed by atoms with E-state index in [0.29, 0.717) is 34.9 Å². The van der Waals surface area contributed by atoms with Crippen LogP contribution in [0.25, 0.3) is 0 Å². The topological polar surface area (TPSA) is 80.7 Å². The van der Waals surface area contributed by atoms with Crippen LogP contribution >= 0.6 is 0 Å². The summed E-state index contributed by atoms with van der Waals surface area (Å²) in [7, 11) is 0. The lowest BCUT2D eigenvalue weighted by Gasteiger charge is -2.60. The first-order chi connectivity index (χ1) is 13.2. The molecule has 0 aromatic heterocycles. The third kappa shape index (κ3) is 3.19. The van der Waals surface area contributed by atoms with Crippen LogP contribution in [0.1, 0.15) is 84.5 Å². The van der Waals surface area contributed by atoms with Crippen LogP contribution in [0.3, 0.4) is 0 Å². The molecule has 4 aliphatic carbocycles. The number of ketones is 1. The number of esters is 1. The summed E-state index contributed by atoms with van der Waals surface area (Å²) in [5, 5.41) is 8.74. The number of fused-ring (bicyclic) bond motifs is 5. The summed E-state index contributed by atoms with van der Waals surface area (Å²) in [6.45, 7) is 4.68. The van der Waals surface area contributed by atoms with Crippen LogP contribution in [0.4, 0.5) is 0 Å². The number of carboxylic acid groups (broad SMARTS) is 1. The molecule has 0 amide bonds. The molecule has 4 aliphatic rings. The minimum atomic E-state index is -0.957. The average Bonchev–Trinajstić information content (AvgIpc) is 2.95. The molecule has 4 saturated carbocycles. The predicted molar refractivity (Wildman–Crippen MR) is 103 cm³/mol. The Morgan fingerprint density at radius 1 is 1.04 bits per heavy atom. The van der Waals surface area contributed by atoms with Crippen LogP contribution in [0.15, 0.2) is 0 Å². The van der Waals surface area contributed by atoms with Gasteiger partial charge < -0.3 is 9.84 Å². The highest BCUT2D eigenvalue weighted by atomic mass is 16.5. The predicted octanol–water partition coefficient (Wildman–Crippen LogP) is 4.37. The summed E-state index contributed by atoms with van der Waals surface area (Å²) >= 11 is 0. The molecule has 0 aromatic rings. The van der Waals surface area contributed by atoms with E-state index in [2.05, 4.69) is 13.8 Å². The fourth-order valence-electron chi connectivity index (χ4n) is 7.55. The zero-order chi connectivity index (χ0) is 20.1. The SMILES string of the molecule is C[C@]12CC[C@@H](OC(=O)CCC(=O)O)C[C@@H]1CC[C@@H]1[C@H]3CCC(=O)[C@@]3(C)CC[C@@H]12. The van der Waals surface area contributed by atoms with Gasteiger partial charge in [-0.3, -0.25) is 14.4 Å². The molecule has 28 heavy (non-hydrogen) atoms. The number of Topliss-reactive ketones (excluding diaryl/α,β-unsaturated/α-hetero) is 1. The highest BCUT2D eigenvalue weighted by Crippen LogP contribution is 2.65. The lowest BCUT2D eigenvalue weighted by molar-refractivity contribution is -0.163. The van der Waals surface area contributed by atoms with Gasteiger partial charge in [-0.15, -0.1) is 0 Å². The van der Waals surface area contributed by atoms with Gasteiger partial charge in [0.2, 0.25) is 0 Å². The van der Waals surface area contributed by atoms with Crippen molar-refractivity contribution >= 4 is 17.7 Å². The van der Waals surface area contributed by atoms with Gasteiger partial charge in [0.25, 0.3) is 0 Å². The Labute approximate surface area is 167 Å². The number of carbonyl (C=O) groups excluding carboxylic acids is 2. The van der Waals surface area contributed by atoms with Gasteiger partial charge in [-0.1, -0.05) is 13.8 Å². The Kier molecular flexibility index (Phi) is 5.08. The first kappa shape index (κ1) is 19.9. The van der Waals surface area contributed by atoms with Crippen LogP contribution in [0.2, 0.25) is 0 Å². The highest BCUT2D eigenvalue weighted by Gasteiger charge is 2.60. The average molecular weight is 391 g/mol. The van der Waals surface area contributed by atoms with E-state index in [9.17, 15) is 14.4 Å². The molecule has 0 saturated heterocycles. The van der Waals surface area contributed by atoms with Crippen LogP contribution < -0.4 is 0 Å². The van der Waals surface area contributed by atoms with Crippen molar-refractivity contribution in [3.8, 4) is 0 Å². The Morgan fingerprint density at radius 2 is 1.82 bits per heavy atom. The number of hydrogen-bond acceptors (Lipinski definition) is 4. The fraction of sp³-hybridized carbons (Fsp3) is 0.870. The van der Waals surface area contributed by atoms with Crippen LogP contribution in [0, 0.1) is 34.5 Å². The molecule has 5 nitrogen and oxygen atoms in total. The maximum absolute atomic E-state index is 12.5. The lowest BCUT2D eigenvalue weighted by atomic mass is 9.45. The van der Waals surface area contributed by atoms with E-state index in [1.807, 2.05) is 0 Å². The molecule has 7 atom stereocenters. The van der Waals surface area contributed by atoms with Crippen molar-refractivity contribution in [2.45, 2.75) is 90.6 Å². The maximum Gasteiger partial charge on any atom is 0.306 e. The largest absolute Gasteiger partial charge is 0.481 e. The van der Waals surface area contributed by atoms with E-state index >= 15 is 0 Å². The molecule has 0 bridgehead atoms. The van der Waals surface area contributed by atoms with Crippen molar-refractivity contribution in [2.24, 2.45) is 34.5 Å². The molecular weight excluding hydrogens is 356 g/mol. The summed E-state index contributed by atoms with van der Waals surface area (Å²) in [5.41, 5.74) is 0.223. The second-order valence-electron chi connectivity index (χ2n) is 10.4. The smallest absolute Gasteiger partial charge is 0.306 e. The van der Waals surface area contributed by atoms with Crippen molar-refractivity contribution in [3.05, 3.63) is 0 Å². The number of ether oxygens (including phenoxy) is 1. The van der Waals surface area contributed by atoms with Gasteiger partial charge in [-0.25, -0.2) is 0 Å². The van der Waals surface area contributed by atoms with Crippen LogP contribution in [0.5, 0.6) is 0 Å². The second kappa shape index (κ2) is 7.14. The minimum absolute atomic E-state index is 0.0350. The minimum Gasteiger partial charge on any atom is -0.481 e.